The summed E-state index contributed by atoms with van der Waals surface area (Å²) in [4.78, 5) is 13.5. The molecule has 0 aromatic heterocycles. The van der Waals surface area contributed by atoms with E-state index in [1.807, 2.05) is 6.07 Å². The van der Waals surface area contributed by atoms with E-state index >= 15 is 0 Å². The molecule has 3 aromatic carbocycles. The van der Waals surface area contributed by atoms with Gasteiger partial charge >= 0.3 is 5.97 Å². The second-order valence-corrected chi connectivity index (χ2v) is 8.09. The van der Waals surface area contributed by atoms with Gasteiger partial charge in [0.1, 0.15) is 0 Å². The standard InChI is InChI=1S/C26H29NO2.ClH/c1-2-27(25-12-6-9-20-8-3-4-11-24(20)25)23-15-14-22(18-23)21-10-5-7-19(17-21)13-16-26(28)29;/h3-12,17,22-23H,2,13-16,18H2,1H3,(H,28,29);1H. The van der Waals surface area contributed by atoms with Gasteiger partial charge in [-0.25, -0.2) is 0 Å². The third-order valence-electron chi connectivity index (χ3n) is 6.31. The lowest BCUT2D eigenvalue weighted by molar-refractivity contribution is -0.136. The number of aryl methyl sites for hydroxylation is 1. The van der Waals surface area contributed by atoms with Crippen LogP contribution in [0.2, 0.25) is 0 Å². The minimum atomic E-state index is -0.731. The fourth-order valence-corrected chi connectivity index (χ4v) is 4.88. The first-order valence-electron chi connectivity index (χ1n) is 10.7. The Morgan fingerprint density at radius 2 is 1.80 bits per heavy atom. The summed E-state index contributed by atoms with van der Waals surface area (Å²) < 4.78 is 0. The highest BCUT2D eigenvalue weighted by atomic mass is 35.5. The van der Waals surface area contributed by atoms with E-state index in [4.69, 9.17) is 5.11 Å². The second kappa shape index (κ2) is 9.99. The highest BCUT2D eigenvalue weighted by Crippen LogP contribution is 2.40. The zero-order valence-corrected chi connectivity index (χ0v) is 18.3. The molecule has 2 atom stereocenters. The largest absolute Gasteiger partial charge is 0.481 e. The van der Waals surface area contributed by atoms with Crippen LogP contribution in [0, 0.1) is 0 Å². The number of anilines is 1. The average molecular weight is 424 g/mol. The van der Waals surface area contributed by atoms with Crippen LogP contribution in [-0.4, -0.2) is 23.7 Å². The maximum absolute atomic E-state index is 10.9. The summed E-state index contributed by atoms with van der Waals surface area (Å²) in [6.07, 6.45) is 4.34. The van der Waals surface area contributed by atoms with Crippen molar-refractivity contribution in [3.05, 3.63) is 77.9 Å². The number of benzene rings is 3. The molecular formula is C26H30ClNO2. The minimum Gasteiger partial charge on any atom is -0.481 e. The number of hydrogen-bond acceptors (Lipinski definition) is 2. The summed E-state index contributed by atoms with van der Waals surface area (Å²) in [7, 11) is 0. The Morgan fingerprint density at radius 3 is 2.60 bits per heavy atom. The van der Waals surface area contributed by atoms with E-state index in [0.717, 1.165) is 18.5 Å². The Hall–Kier alpha value is -2.52. The van der Waals surface area contributed by atoms with Gasteiger partial charge in [-0.2, -0.15) is 0 Å². The molecule has 1 N–H and O–H groups in total. The van der Waals surface area contributed by atoms with Crippen molar-refractivity contribution in [1.82, 2.24) is 0 Å². The second-order valence-electron chi connectivity index (χ2n) is 8.09. The smallest absolute Gasteiger partial charge is 0.303 e. The Kier molecular flexibility index (Phi) is 7.38. The van der Waals surface area contributed by atoms with E-state index < -0.39 is 5.97 Å². The van der Waals surface area contributed by atoms with Crippen LogP contribution in [0.3, 0.4) is 0 Å². The van der Waals surface area contributed by atoms with Gasteiger partial charge in [-0.15, -0.1) is 12.4 Å². The summed E-state index contributed by atoms with van der Waals surface area (Å²) in [5, 5.41) is 11.6. The van der Waals surface area contributed by atoms with E-state index in [1.54, 1.807) is 0 Å². The fraction of sp³-hybridized carbons (Fsp3) is 0.346. The van der Waals surface area contributed by atoms with Gasteiger partial charge in [0.15, 0.2) is 0 Å². The monoisotopic (exact) mass is 423 g/mol. The van der Waals surface area contributed by atoms with Gasteiger partial charge < -0.3 is 10.0 Å². The van der Waals surface area contributed by atoms with Crippen LogP contribution in [0.25, 0.3) is 10.8 Å². The highest BCUT2D eigenvalue weighted by Gasteiger charge is 2.30. The van der Waals surface area contributed by atoms with Crippen LogP contribution in [0.5, 0.6) is 0 Å². The Labute approximate surface area is 185 Å². The molecule has 0 aliphatic heterocycles. The van der Waals surface area contributed by atoms with Crippen molar-refractivity contribution < 1.29 is 9.90 Å². The van der Waals surface area contributed by atoms with Crippen molar-refractivity contribution in [2.24, 2.45) is 0 Å². The lowest BCUT2D eigenvalue weighted by atomic mass is 9.94. The molecule has 30 heavy (non-hydrogen) atoms. The molecule has 1 aliphatic carbocycles. The van der Waals surface area contributed by atoms with Crippen LogP contribution in [-0.2, 0) is 11.2 Å². The van der Waals surface area contributed by atoms with Gasteiger partial charge in [0.25, 0.3) is 0 Å². The van der Waals surface area contributed by atoms with Gasteiger partial charge in [0.2, 0.25) is 0 Å². The van der Waals surface area contributed by atoms with Crippen molar-refractivity contribution in [2.75, 3.05) is 11.4 Å². The molecule has 0 heterocycles. The maximum atomic E-state index is 10.9. The number of nitrogens with zero attached hydrogens (tertiary/aromatic N) is 1. The zero-order valence-electron chi connectivity index (χ0n) is 17.5. The molecule has 0 amide bonds. The third-order valence-corrected chi connectivity index (χ3v) is 6.31. The van der Waals surface area contributed by atoms with Gasteiger partial charge in [0.05, 0.1) is 0 Å². The van der Waals surface area contributed by atoms with Crippen LogP contribution in [0.4, 0.5) is 5.69 Å². The zero-order chi connectivity index (χ0) is 20.2. The molecule has 1 aliphatic rings. The number of halogens is 1. The SMILES string of the molecule is CCN(c1cccc2ccccc12)C1CCC(c2cccc(CCC(=O)O)c2)C1.Cl. The summed E-state index contributed by atoms with van der Waals surface area (Å²) in [6.45, 7) is 3.26. The van der Waals surface area contributed by atoms with E-state index in [-0.39, 0.29) is 18.8 Å². The van der Waals surface area contributed by atoms with Crippen molar-refractivity contribution in [2.45, 2.75) is 51.0 Å². The number of fused-ring (bicyclic) bond motifs is 1. The van der Waals surface area contributed by atoms with Crippen LogP contribution >= 0.6 is 12.4 Å². The third kappa shape index (κ3) is 4.79. The first kappa shape index (κ1) is 22.2. The van der Waals surface area contributed by atoms with Crippen LogP contribution < -0.4 is 4.90 Å². The van der Waals surface area contributed by atoms with Crippen molar-refractivity contribution >= 4 is 34.8 Å². The van der Waals surface area contributed by atoms with Crippen LogP contribution in [0.1, 0.15) is 49.7 Å². The van der Waals surface area contributed by atoms with Crippen molar-refractivity contribution in [3.8, 4) is 0 Å². The maximum Gasteiger partial charge on any atom is 0.303 e. The number of carboxylic acids is 1. The van der Waals surface area contributed by atoms with Gasteiger partial charge in [-0.05, 0) is 61.1 Å². The molecule has 3 aromatic rings. The highest BCUT2D eigenvalue weighted by molar-refractivity contribution is 5.94. The molecule has 2 unspecified atom stereocenters. The first-order chi connectivity index (χ1) is 14.2. The van der Waals surface area contributed by atoms with E-state index in [1.165, 1.54) is 34.9 Å². The molecule has 0 saturated heterocycles. The molecular weight excluding hydrogens is 394 g/mol. The summed E-state index contributed by atoms with van der Waals surface area (Å²) in [5.74, 6) is -0.182. The quantitative estimate of drug-likeness (QED) is 0.475. The van der Waals surface area contributed by atoms with E-state index in [9.17, 15) is 4.79 Å². The first-order valence-corrected chi connectivity index (χ1v) is 10.7. The topological polar surface area (TPSA) is 40.5 Å². The normalized spacial score (nSPS) is 18.2. The molecule has 4 heteroatoms. The Bertz CT molecular complexity index is 998. The molecule has 0 bridgehead atoms. The average Bonchev–Trinajstić information content (AvgIpc) is 3.23. The van der Waals surface area contributed by atoms with Gasteiger partial charge in [-0.3, -0.25) is 4.79 Å². The van der Waals surface area contributed by atoms with Gasteiger partial charge in [0, 0.05) is 30.1 Å². The van der Waals surface area contributed by atoms with Gasteiger partial charge in [-0.1, -0.05) is 60.7 Å². The number of rotatable bonds is 7. The van der Waals surface area contributed by atoms with E-state index in [2.05, 4.69) is 72.5 Å². The molecule has 0 radical (unpaired) electrons. The molecule has 0 spiro atoms. The number of carbonyl (C=O) groups is 1. The molecule has 1 fully saturated rings. The number of aliphatic carboxylic acids is 1. The Morgan fingerprint density at radius 1 is 1.03 bits per heavy atom. The lowest BCUT2D eigenvalue weighted by Crippen LogP contribution is -2.33. The lowest BCUT2D eigenvalue weighted by Gasteiger charge is -2.31. The molecule has 158 valence electrons. The summed E-state index contributed by atoms with van der Waals surface area (Å²) in [6, 6.07) is 24.4. The minimum absolute atomic E-state index is 0. The van der Waals surface area contributed by atoms with Crippen molar-refractivity contribution in [3.63, 3.8) is 0 Å². The Balaban J connectivity index is 0.00000256. The molecule has 1 saturated carbocycles. The predicted molar refractivity (Wildman–Crippen MR) is 127 cm³/mol. The molecule has 3 nitrogen and oxygen atoms in total. The summed E-state index contributed by atoms with van der Waals surface area (Å²) >= 11 is 0. The summed E-state index contributed by atoms with van der Waals surface area (Å²) in [5.41, 5.74) is 3.84. The fourth-order valence-electron chi connectivity index (χ4n) is 4.88. The van der Waals surface area contributed by atoms with Crippen molar-refractivity contribution in [1.29, 1.82) is 0 Å². The number of hydrogen-bond donors (Lipinski definition) is 1. The van der Waals surface area contributed by atoms with Crippen LogP contribution in [0.15, 0.2) is 66.7 Å². The predicted octanol–water partition coefficient (Wildman–Crippen LogP) is 6.44. The molecule has 4 rings (SSSR count). The van der Waals surface area contributed by atoms with E-state index in [0.29, 0.717) is 18.4 Å². The number of carboxylic acid groups (broad SMARTS) is 1.